The molecular weight excluding hydrogens is 180 g/mol. The molecule has 0 radical (unpaired) electrons. The normalized spacial score (nSPS) is 12.4. The van der Waals surface area contributed by atoms with Crippen LogP contribution in [0.1, 0.15) is 6.92 Å². The SMILES string of the molecule is COCC(C)CNc1ccnc(N)n1. The molecule has 1 aromatic rings. The molecule has 0 amide bonds. The van der Waals surface area contributed by atoms with Crippen molar-refractivity contribution < 1.29 is 4.74 Å². The molecule has 78 valence electrons. The number of ether oxygens (including phenoxy) is 1. The highest BCUT2D eigenvalue weighted by molar-refractivity contribution is 5.37. The first kappa shape index (κ1) is 10.7. The van der Waals surface area contributed by atoms with Gasteiger partial charge in [-0.3, -0.25) is 0 Å². The zero-order valence-electron chi connectivity index (χ0n) is 8.53. The predicted molar refractivity (Wildman–Crippen MR) is 56.0 cm³/mol. The molecule has 14 heavy (non-hydrogen) atoms. The first-order chi connectivity index (χ1) is 6.72. The highest BCUT2D eigenvalue weighted by Gasteiger charge is 2.01. The Balaban J connectivity index is 2.37. The van der Waals surface area contributed by atoms with Gasteiger partial charge in [-0.15, -0.1) is 0 Å². The van der Waals surface area contributed by atoms with Crippen molar-refractivity contribution in [2.75, 3.05) is 31.3 Å². The highest BCUT2D eigenvalue weighted by atomic mass is 16.5. The summed E-state index contributed by atoms with van der Waals surface area (Å²) in [6.07, 6.45) is 1.63. The lowest BCUT2D eigenvalue weighted by Gasteiger charge is -2.11. The summed E-state index contributed by atoms with van der Waals surface area (Å²) in [6.45, 7) is 3.64. The van der Waals surface area contributed by atoms with E-state index < -0.39 is 0 Å². The van der Waals surface area contributed by atoms with Crippen molar-refractivity contribution in [3.8, 4) is 0 Å². The van der Waals surface area contributed by atoms with Gasteiger partial charge in [0.25, 0.3) is 0 Å². The number of anilines is 2. The van der Waals surface area contributed by atoms with Crippen LogP contribution in [0.3, 0.4) is 0 Å². The van der Waals surface area contributed by atoms with Gasteiger partial charge in [-0.25, -0.2) is 4.98 Å². The van der Waals surface area contributed by atoms with Crippen molar-refractivity contribution in [3.05, 3.63) is 12.3 Å². The van der Waals surface area contributed by atoms with Crippen molar-refractivity contribution in [1.29, 1.82) is 0 Å². The molecule has 0 fully saturated rings. The standard InChI is InChI=1S/C9H16N4O/c1-7(6-14-2)5-12-8-3-4-11-9(10)13-8/h3-4,7H,5-6H2,1-2H3,(H3,10,11,12,13). The fourth-order valence-electron chi connectivity index (χ4n) is 1.09. The minimum atomic E-state index is 0.286. The fraction of sp³-hybridized carbons (Fsp3) is 0.556. The van der Waals surface area contributed by atoms with E-state index in [1.54, 1.807) is 19.4 Å². The Morgan fingerprint density at radius 1 is 1.64 bits per heavy atom. The van der Waals surface area contributed by atoms with Gasteiger partial charge < -0.3 is 15.8 Å². The van der Waals surface area contributed by atoms with Gasteiger partial charge in [0, 0.05) is 19.9 Å². The molecule has 0 aliphatic carbocycles. The highest BCUT2D eigenvalue weighted by Crippen LogP contribution is 2.04. The Morgan fingerprint density at radius 3 is 3.07 bits per heavy atom. The van der Waals surface area contributed by atoms with Crippen LogP contribution in [0.25, 0.3) is 0 Å². The number of hydrogen-bond acceptors (Lipinski definition) is 5. The number of nitrogen functional groups attached to an aromatic ring is 1. The summed E-state index contributed by atoms with van der Waals surface area (Å²) in [7, 11) is 1.69. The molecular formula is C9H16N4O. The van der Waals surface area contributed by atoms with Crippen molar-refractivity contribution in [3.63, 3.8) is 0 Å². The predicted octanol–water partition coefficient (Wildman–Crippen LogP) is 0.753. The number of rotatable bonds is 5. The number of methoxy groups -OCH3 is 1. The summed E-state index contributed by atoms with van der Waals surface area (Å²) in [6, 6.07) is 1.79. The Morgan fingerprint density at radius 2 is 2.43 bits per heavy atom. The lowest BCUT2D eigenvalue weighted by atomic mass is 10.2. The zero-order chi connectivity index (χ0) is 10.4. The molecule has 3 N–H and O–H groups in total. The maximum absolute atomic E-state index is 5.44. The molecule has 0 bridgehead atoms. The van der Waals surface area contributed by atoms with Crippen LogP contribution in [0, 0.1) is 5.92 Å². The summed E-state index contributed by atoms with van der Waals surface area (Å²) in [4.78, 5) is 7.83. The molecule has 0 saturated heterocycles. The third kappa shape index (κ3) is 3.57. The van der Waals surface area contributed by atoms with E-state index in [-0.39, 0.29) is 5.95 Å². The molecule has 1 atom stereocenters. The van der Waals surface area contributed by atoms with E-state index in [4.69, 9.17) is 10.5 Å². The van der Waals surface area contributed by atoms with Crippen molar-refractivity contribution in [2.45, 2.75) is 6.92 Å². The van der Waals surface area contributed by atoms with Gasteiger partial charge in [0.1, 0.15) is 5.82 Å². The molecule has 1 unspecified atom stereocenters. The van der Waals surface area contributed by atoms with Crippen LogP contribution in [0.4, 0.5) is 11.8 Å². The minimum Gasteiger partial charge on any atom is -0.384 e. The van der Waals surface area contributed by atoms with E-state index in [1.807, 2.05) is 0 Å². The monoisotopic (exact) mass is 196 g/mol. The molecule has 0 aliphatic heterocycles. The Kier molecular flexibility index (Phi) is 4.12. The Hall–Kier alpha value is -1.36. The molecule has 5 heteroatoms. The van der Waals surface area contributed by atoms with E-state index in [0.717, 1.165) is 19.0 Å². The Labute approximate surface area is 83.7 Å². The van der Waals surface area contributed by atoms with Gasteiger partial charge in [0.15, 0.2) is 0 Å². The largest absolute Gasteiger partial charge is 0.384 e. The van der Waals surface area contributed by atoms with E-state index in [0.29, 0.717) is 5.92 Å². The summed E-state index contributed by atoms with van der Waals surface area (Å²) in [5, 5.41) is 3.16. The number of nitrogens with zero attached hydrogens (tertiary/aromatic N) is 2. The third-order valence-corrected chi connectivity index (χ3v) is 1.76. The van der Waals surface area contributed by atoms with Crippen LogP contribution < -0.4 is 11.1 Å². The van der Waals surface area contributed by atoms with Crippen LogP contribution >= 0.6 is 0 Å². The number of hydrogen-bond donors (Lipinski definition) is 2. The van der Waals surface area contributed by atoms with Crippen LogP contribution in [-0.4, -0.2) is 30.2 Å². The summed E-state index contributed by atoms with van der Waals surface area (Å²) < 4.78 is 5.02. The average molecular weight is 196 g/mol. The van der Waals surface area contributed by atoms with Gasteiger partial charge in [-0.05, 0) is 12.0 Å². The van der Waals surface area contributed by atoms with Crippen molar-refractivity contribution in [2.24, 2.45) is 5.92 Å². The topological polar surface area (TPSA) is 73.1 Å². The molecule has 5 nitrogen and oxygen atoms in total. The molecule has 0 saturated carbocycles. The maximum Gasteiger partial charge on any atom is 0.221 e. The van der Waals surface area contributed by atoms with Gasteiger partial charge in [0.05, 0.1) is 6.61 Å². The summed E-state index contributed by atoms with van der Waals surface area (Å²) >= 11 is 0. The molecule has 1 heterocycles. The quantitative estimate of drug-likeness (QED) is 0.727. The van der Waals surface area contributed by atoms with E-state index in [1.165, 1.54) is 0 Å². The van der Waals surface area contributed by atoms with E-state index >= 15 is 0 Å². The van der Waals surface area contributed by atoms with Gasteiger partial charge in [0.2, 0.25) is 5.95 Å². The lowest BCUT2D eigenvalue weighted by molar-refractivity contribution is 0.164. The van der Waals surface area contributed by atoms with Crippen LogP contribution in [-0.2, 0) is 4.74 Å². The van der Waals surface area contributed by atoms with Crippen LogP contribution in [0.5, 0.6) is 0 Å². The van der Waals surface area contributed by atoms with Crippen LogP contribution in [0.15, 0.2) is 12.3 Å². The van der Waals surface area contributed by atoms with E-state index in [9.17, 15) is 0 Å². The summed E-state index contributed by atoms with van der Waals surface area (Å²) in [5.74, 6) is 1.48. The van der Waals surface area contributed by atoms with Gasteiger partial charge in [-0.1, -0.05) is 6.92 Å². The smallest absolute Gasteiger partial charge is 0.221 e. The average Bonchev–Trinajstić information content (AvgIpc) is 2.15. The first-order valence-electron chi connectivity index (χ1n) is 4.53. The van der Waals surface area contributed by atoms with Gasteiger partial charge in [-0.2, -0.15) is 4.98 Å². The second kappa shape index (κ2) is 5.39. The first-order valence-corrected chi connectivity index (χ1v) is 4.53. The van der Waals surface area contributed by atoms with Gasteiger partial charge >= 0.3 is 0 Å². The molecule has 0 spiro atoms. The minimum absolute atomic E-state index is 0.286. The molecule has 1 rings (SSSR count). The molecule has 1 aromatic heterocycles. The zero-order valence-corrected chi connectivity index (χ0v) is 8.53. The Bertz CT molecular complexity index is 279. The maximum atomic E-state index is 5.44. The molecule has 0 aliphatic rings. The van der Waals surface area contributed by atoms with Crippen molar-refractivity contribution in [1.82, 2.24) is 9.97 Å². The van der Waals surface area contributed by atoms with Crippen LogP contribution in [0.2, 0.25) is 0 Å². The van der Waals surface area contributed by atoms with E-state index in [2.05, 4.69) is 22.2 Å². The second-order valence-corrected chi connectivity index (χ2v) is 3.24. The fourth-order valence-corrected chi connectivity index (χ4v) is 1.09. The third-order valence-electron chi connectivity index (χ3n) is 1.76. The number of nitrogens with one attached hydrogen (secondary N) is 1. The second-order valence-electron chi connectivity index (χ2n) is 3.24. The molecule has 0 aromatic carbocycles. The number of aromatic nitrogens is 2. The lowest BCUT2D eigenvalue weighted by Crippen LogP contribution is -2.16. The van der Waals surface area contributed by atoms with Crippen molar-refractivity contribution >= 4 is 11.8 Å². The number of nitrogens with two attached hydrogens (primary N) is 1. The summed E-state index contributed by atoms with van der Waals surface area (Å²) in [5.41, 5.74) is 5.44.